The van der Waals surface area contributed by atoms with Crippen LogP contribution >= 0.6 is 0 Å². The molecule has 0 aliphatic heterocycles. The molecule has 0 radical (unpaired) electrons. The zero-order valence-electron chi connectivity index (χ0n) is 10.1. The zero-order chi connectivity index (χ0) is 12.0. The SMILES string of the molecule is C=C(C)C[C@@H](CO)Cc1ccc(OC)cc1. The Morgan fingerprint density at radius 1 is 1.38 bits per heavy atom. The van der Waals surface area contributed by atoms with Crippen LogP contribution in [0.15, 0.2) is 36.4 Å². The van der Waals surface area contributed by atoms with Crippen LogP contribution in [-0.4, -0.2) is 18.8 Å². The van der Waals surface area contributed by atoms with E-state index in [4.69, 9.17) is 4.74 Å². The number of benzene rings is 1. The van der Waals surface area contributed by atoms with Crippen molar-refractivity contribution in [3.8, 4) is 5.75 Å². The van der Waals surface area contributed by atoms with Gasteiger partial charge in [-0.3, -0.25) is 0 Å². The standard InChI is InChI=1S/C14H20O2/c1-11(2)8-13(10-15)9-12-4-6-14(16-3)7-5-12/h4-7,13,15H,1,8-10H2,2-3H3/t13-/m1/s1. The number of aliphatic hydroxyl groups is 1. The van der Waals surface area contributed by atoms with E-state index in [-0.39, 0.29) is 12.5 Å². The molecule has 0 unspecified atom stereocenters. The minimum absolute atomic E-state index is 0.207. The summed E-state index contributed by atoms with van der Waals surface area (Å²) in [5.41, 5.74) is 2.34. The fourth-order valence-electron chi connectivity index (χ4n) is 1.79. The predicted molar refractivity (Wildman–Crippen MR) is 66.7 cm³/mol. The monoisotopic (exact) mass is 220 g/mol. The second-order valence-corrected chi connectivity index (χ2v) is 4.26. The number of allylic oxidation sites excluding steroid dienone is 1. The van der Waals surface area contributed by atoms with E-state index < -0.39 is 0 Å². The Morgan fingerprint density at radius 3 is 2.44 bits per heavy atom. The maximum Gasteiger partial charge on any atom is 0.118 e. The molecule has 0 spiro atoms. The second kappa shape index (κ2) is 6.33. The molecule has 0 heterocycles. The van der Waals surface area contributed by atoms with Gasteiger partial charge >= 0.3 is 0 Å². The first-order valence-electron chi connectivity index (χ1n) is 5.54. The Balaban J connectivity index is 2.59. The highest BCUT2D eigenvalue weighted by molar-refractivity contribution is 5.27. The average molecular weight is 220 g/mol. The highest BCUT2D eigenvalue weighted by Crippen LogP contribution is 2.18. The van der Waals surface area contributed by atoms with Crippen molar-refractivity contribution in [2.45, 2.75) is 19.8 Å². The van der Waals surface area contributed by atoms with Gasteiger partial charge in [-0.2, -0.15) is 0 Å². The van der Waals surface area contributed by atoms with Crippen LogP contribution in [0.2, 0.25) is 0 Å². The molecule has 88 valence electrons. The van der Waals surface area contributed by atoms with E-state index in [2.05, 4.69) is 6.58 Å². The molecule has 2 nitrogen and oxygen atoms in total. The minimum atomic E-state index is 0.207. The zero-order valence-corrected chi connectivity index (χ0v) is 10.1. The highest BCUT2D eigenvalue weighted by Gasteiger charge is 2.08. The van der Waals surface area contributed by atoms with Crippen molar-refractivity contribution >= 4 is 0 Å². The summed E-state index contributed by atoms with van der Waals surface area (Å²) in [5, 5.41) is 9.27. The molecular formula is C14H20O2. The lowest BCUT2D eigenvalue weighted by Crippen LogP contribution is -2.09. The van der Waals surface area contributed by atoms with Gasteiger partial charge in [0.25, 0.3) is 0 Å². The third kappa shape index (κ3) is 4.07. The van der Waals surface area contributed by atoms with Crippen LogP contribution in [0.25, 0.3) is 0 Å². The molecule has 0 fully saturated rings. The van der Waals surface area contributed by atoms with Gasteiger partial charge in [0.05, 0.1) is 7.11 Å². The molecule has 1 aromatic rings. The number of hydrogen-bond donors (Lipinski definition) is 1. The maximum atomic E-state index is 9.27. The summed E-state index contributed by atoms with van der Waals surface area (Å²) in [6.45, 7) is 6.08. The van der Waals surface area contributed by atoms with E-state index in [0.29, 0.717) is 0 Å². The molecule has 0 aliphatic rings. The first kappa shape index (κ1) is 12.8. The molecule has 0 saturated carbocycles. The van der Waals surface area contributed by atoms with E-state index in [1.165, 1.54) is 5.56 Å². The van der Waals surface area contributed by atoms with E-state index in [0.717, 1.165) is 24.2 Å². The molecule has 0 bridgehead atoms. The Bertz CT molecular complexity index is 327. The molecule has 0 aliphatic carbocycles. The van der Waals surface area contributed by atoms with Gasteiger partial charge in [-0.25, -0.2) is 0 Å². The van der Waals surface area contributed by atoms with E-state index in [1.54, 1.807) is 7.11 Å². The topological polar surface area (TPSA) is 29.5 Å². The van der Waals surface area contributed by atoms with Gasteiger partial charge in [0.15, 0.2) is 0 Å². The lowest BCUT2D eigenvalue weighted by atomic mass is 9.94. The van der Waals surface area contributed by atoms with Crippen molar-refractivity contribution in [3.05, 3.63) is 42.0 Å². The number of aliphatic hydroxyl groups excluding tert-OH is 1. The lowest BCUT2D eigenvalue weighted by Gasteiger charge is -2.14. The van der Waals surface area contributed by atoms with Crippen molar-refractivity contribution in [2.24, 2.45) is 5.92 Å². The van der Waals surface area contributed by atoms with Crippen molar-refractivity contribution in [1.29, 1.82) is 0 Å². The Morgan fingerprint density at radius 2 is 2.00 bits per heavy atom. The normalized spacial score (nSPS) is 12.2. The van der Waals surface area contributed by atoms with Gasteiger partial charge in [0.2, 0.25) is 0 Å². The van der Waals surface area contributed by atoms with Crippen molar-refractivity contribution in [3.63, 3.8) is 0 Å². The number of rotatable bonds is 6. The maximum absolute atomic E-state index is 9.27. The largest absolute Gasteiger partial charge is 0.497 e. The van der Waals surface area contributed by atoms with Gasteiger partial charge < -0.3 is 9.84 Å². The third-order valence-electron chi connectivity index (χ3n) is 2.58. The Hall–Kier alpha value is -1.28. The van der Waals surface area contributed by atoms with Crippen LogP contribution in [-0.2, 0) is 6.42 Å². The fraction of sp³-hybridized carbons (Fsp3) is 0.429. The molecule has 0 aromatic heterocycles. The summed E-state index contributed by atoms with van der Waals surface area (Å²) in [4.78, 5) is 0. The molecule has 1 rings (SSSR count). The highest BCUT2D eigenvalue weighted by atomic mass is 16.5. The molecule has 2 heteroatoms. The van der Waals surface area contributed by atoms with E-state index >= 15 is 0 Å². The molecule has 1 N–H and O–H groups in total. The smallest absolute Gasteiger partial charge is 0.118 e. The quantitative estimate of drug-likeness (QED) is 0.747. The third-order valence-corrected chi connectivity index (χ3v) is 2.58. The average Bonchev–Trinajstić information content (AvgIpc) is 2.28. The Labute approximate surface area is 97.6 Å². The molecule has 16 heavy (non-hydrogen) atoms. The molecule has 0 amide bonds. The summed E-state index contributed by atoms with van der Waals surface area (Å²) >= 11 is 0. The predicted octanol–water partition coefficient (Wildman–Crippen LogP) is 2.81. The molecule has 1 atom stereocenters. The van der Waals surface area contributed by atoms with Crippen molar-refractivity contribution < 1.29 is 9.84 Å². The van der Waals surface area contributed by atoms with E-state index in [9.17, 15) is 5.11 Å². The van der Waals surface area contributed by atoms with Gasteiger partial charge in [-0.05, 0) is 43.4 Å². The van der Waals surface area contributed by atoms with Gasteiger partial charge in [-0.15, -0.1) is 6.58 Å². The summed E-state index contributed by atoms with van der Waals surface area (Å²) in [7, 11) is 1.66. The number of ether oxygens (including phenoxy) is 1. The van der Waals surface area contributed by atoms with Crippen LogP contribution in [0, 0.1) is 5.92 Å². The minimum Gasteiger partial charge on any atom is -0.497 e. The first-order chi connectivity index (χ1) is 7.65. The number of methoxy groups -OCH3 is 1. The molecular weight excluding hydrogens is 200 g/mol. The lowest BCUT2D eigenvalue weighted by molar-refractivity contribution is 0.225. The van der Waals surface area contributed by atoms with Gasteiger partial charge in [0, 0.05) is 6.61 Å². The van der Waals surface area contributed by atoms with Crippen LogP contribution in [0.1, 0.15) is 18.9 Å². The van der Waals surface area contributed by atoms with Crippen LogP contribution in [0.5, 0.6) is 5.75 Å². The molecule has 1 aromatic carbocycles. The summed E-state index contributed by atoms with van der Waals surface area (Å²) in [6.07, 6.45) is 1.76. The van der Waals surface area contributed by atoms with Crippen LogP contribution in [0.3, 0.4) is 0 Å². The second-order valence-electron chi connectivity index (χ2n) is 4.26. The number of hydrogen-bond acceptors (Lipinski definition) is 2. The summed E-state index contributed by atoms with van der Waals surface area (Å²) in [5.74, 6) is 1.13. The van der Waals surface area contributed by atoms with Crippen LogP contribution in [0.4, 0.5) is 0 Å². The fourth-order valence-corrected chi connectivity index (χ4v) is 1.79. The van der Waals surface area contributed by atoms with Crippen molar-refractivity contribution in [2.75, 3.05) is 13.7 Å². The van der Waals surface area contributed by atoms with Crippen molar-refractivity contribution in [1.82, 2.24) is 0 Å². The Kier molecular flexibility index (Phi) is 5.06. The summed E-state index contributed by atoms with van der Waals surface area (Å²) in [6, 6.07) is 7.98. The van der Waals surface area contributed by atoms with E-state index in [1.807, 2.05) is 31.2 Å². The van der Waals surface area contributed by atoms with Gasteiger partial charge in [-0.1, -0.05) is 17.7 Å². The van der Waals surface area contributed by atoms with Gasteiger partial charge in [0.1, 0.15) is 5.75 Å². The summed E-state index contributed by atoms with van der Waals surface area (Å²) < 4.78 is 5.10. The molecule has 0 saturated heterocycles. The first-order valence-corrected chi connectivity index (χ1v) is 5.54. The van der Waals surface area contributed by atoms with Crippen LogP contribution < -0.4 is 4.74 Å².